The Balaban J connectivity index is 2.27. The number of carbonyl (C=O) groups is 1. The standard InChI is InChI=1S/C15H19N3O3/c1-3-18(8-7-13(19)20)9-12-16-14-10(2)5-4-6-11(14)15(21)17-12/h4-6H,3,7-9H2,1-2H3,(H,19,20)(H,16,17,21). The molecule has 112 valence electrons. The fourth-order valence-corrected chi connectivity index (χ4v) is 2.24. The zero-order chi connectivity index (χ0) is 15.4. The van der Waals surface area contributed by atoms with Crippen LogP contribution in [0.5, 0.6) is 0 Å². The van der Waals surface area contributed by atoms with Gasteiger partial charge in [-0.15, -0.1) is 0 Å². The highest BCUT2D eigenvalue weighted by Gasteiger charge is 2.10. The Morgan fingerprint density at radius 2 is 2.19 bits per heavy atom. The summed E-state index contributed by atoms with van der Waals surface area (Å²) in [4.78, 5) is 31.9. The van der Waals surface area contributed by atoms with E-state index in [9.17, 15) is 9.59 Å². The van der Waals surface area contributed by atoms with E-state index in [-0.39, 0.29) is 12.0 Å². The predicted octanol–water partition coefficient (Wildman–Crippen LogP) is 1.53. The van der Waals surface area contributed by atoms with Gasteiger partial charge >= 0.3 is 5.97 Å². The molecule has 0 radical (unpaired) electrons. The van der Waals surface area contributed by atoms with Crippen molar-refractivity contribution in [1.82, 2.24) is 14.9 Å². The van der Waals surface area contributed by atoms with E-state index in [0.717, 1.165) is 5.56 Å². The van der Waals surface area contributed by atoms with Gasteiger partial charge in [0.2, 0.25) is 0 Å². The molecular formula is C15H19N3O3. The quantitative estimate of drug-likeness (QED) is 0.842. The van der Waals surface area contributed by atoms with Crippen LogP contribution in [0.25, 0.3) is 10.9 Å². The largest absolute Gasteiger partial charge is 0.481 e. The second-order valence-corrected chi connectivity index (χ2v) is 5.00. The number of aliphatic carboxylic acids is 1. The number of nitrogens with one attached hydrogen (secondary N) is 1. The Morgan fingerprint density at radius 3 is 2.86 bits per heavy atom. The first-order valence-corrected chi connectivity index (χ1v) is 6.94. The van der Waals surface area contributed by atoms with Crippen molar-refractivity contribution in [3.8, 4) is 0 Å². The van der Waals surface area contributed by atoms with Crippen LogP contribution in [-0.4, -0.2) is 39.0 Å². The second-order valence-electron chi connectivity index (χ2n) is 5.00. The van der Waals surface area contributed by atoms with Crippen molar-refractivity contribution in [2.45, 2.75) is 26.8 Å². The van der Waals surface area contributed by atoms with Crippen LogP contribution in [0.15, 0.2) is 23.0 Å². The number of aromatic amines is 1. The molecule has 0 bridgehead atoms. The Labute approximate surface area is 122 Å². The average Bonchev–Trinajstić information content (AvgIpc) is 2.44. The Morgan fingerprint density at radius 1 is 1.43 bits per heavy atom. The lowest BCUT2D eigenvalue weighted by molar-refractivity contribution is -0.137. The summed E-state index contributed by atoms with van der Waals surface area (Å²) in [6, 6.07) is 5.50. The molecule has 0 aliphatic heterocycles. The van der Waals surface area contributed by atoms with Gasteiger partial charge < -0.3 is 10.1 Å². The van der Waals surface area contributed by atoms with Crippen molar-refractivity contribution < 1.29 is 9.90 Å². The molecule has 1 aromatic heterocycles. The first-order valence-electron chi connectivity index (χ1n) is 6.94. The van der Waals surface area contributed by atoms with E-state index >= 15 is 0 Å². The first-order chi connectivity index (χ1) is 10.0. The van der Waals surface area contributed by atoms with Crippen LogP contribution >= 0.6 is 0 Å². The van der Waals surface area contributed by atoms with Crippen LogP contribution in [-0.2, 0) is 11.3 Å². The first kappa shape index (κ1) is 15.2. The molecule has 0 saturated carbocycles. The molecule has 0 saturated heterocycles. The van der Waals surface area contributed by atoms with Gasteiger partial charge in [-0.2, -0.15) is 0 Å². The highest BCUT2D eigenvalue weighted by atomic mass is 16.4. The minimum atomic E-state index is -0.829. The zero-order valence-corrected chi connectivity index (χ0v) is 12.2. The lowest BCUT2D eigenvalue weighted by Gasteiger charge is -2.18. The van der Waals surface area contributed by atoms with Gasteiger partial charge in [0, 0.05) is 6.54 Å². The number of carboxylic acid groups (broad SMARTS) is 1. The number of benzene rings is 1. The summed E-state index contributed by atoms with van der Waals surface area (Å²) < 4.78 is 0. The Hall–Kier alpha value is -2.21. The van der Waals surface area contributed by atoms with Gasteiger partial charge in [-0.25, -0.2) is 4.98 Å². The molecule has 21 heavy (non-hydrogen) atoms. The van der Waals surface area contributed by atoms with Gasteiger partial charge in [0.05, 0.1) is 23.9 Å². The number of nitrogens with zero attached hydrogens (tertiary/aromatic N) is 2. The van der Waals surface area contributed by atoms with Gasteiger partial charge in [0.1, 0.15) is 5.82 Å². The molecule has 2 rings (SSSR count). The molecule has 0 unspecified atom stereocenters. The van der Waals surface area contributed by atoms with Gasteiger partial charge in [0.15, 0.2) is 0 Å². The lowest BCUT2D eigenvalue weighted by Crippen LogP contribution is -2.28. The minimum Gasteiger partial charge on any atom is -0.481 e. The van der Waals surface area contributed by atoms with E-state index in [1.807, 2.05) is 30.9 Å². The molecule has 0 aliphatic carbocycles. The summed E-state index contributed by atoms with van der Waals surface area (Å²) in [5, 5.41) is 9.32. The lowest BCUT2D eigenvalue weighted by atomic mass is 10.1. The third-order valence-electron chi connectivity index (χ3n) is 3.45. The van der Waals surface area contributed by atoms with E-state index in [1.54, 1.807) is 6.07 Å². The summed E-state index contributed by atoms with van der Waals surface area (Å²) in [5.74, 6) is -0.265. The van der Waals surface area contributed by atoms with Crippen molar-refractivity contribution in [2.24, 2.45) is 0 Å². The molecule has 2 N–H and O–H groups in total. The molecule has 1 heterocycles. The maximum atomic E-state index is 12.1. The van der Waals surface area contributed by atoms with Crippen LogP contribution in [0, 0.1) is 6.92 Å². The van der Waals surface area contributed by atoms with Crippen LogP contribution in [0.4, 0.5) is 0 Å². The smallest absolute Gasteiger partial charge is 0.304 e. The number of H-pyrrole nitrogens is 1. The summed E-state index contributed by atoms with van der Waals surface area (Å²) in [6.07, 6.45) is 0.0741. The van der Waals surface area contributed by atoms with E-state index in [0.29, 0.717) is 36.4 Å². The minimum absolute atomic E-state index is 0.0741. The van der Waals surface area contributed by atoms with Crippen molar-refractivity contribution in [3.05, 3.63) is 39.9 Å². The number of fused-ring (bicyclic) bond motifs is 1. The van der Waals surface area contributed by atoms with E-state index < -0.39 is 5.97 Å². The van der Waals surface area contributed by atoms with Crippen LogP contribution in [0.1, 0.15) is 24.7 Å². The van der Waals surface area contributed by atoms with E-state index in [4.69, 9.17) is 5.11 Å². The van der Waals surface area contributed by atoms with E-state index in [1.165, 1.54) is 0 Å². The summed E-state index contributed by atoms with van der Waals surface area (Å²) >= 11 is 0. The normalized spacial score (nSPS) is 11.2. The molecular weight excluding hydrogens is 270 g/mol. The number of carboxylic acids is 1. The molecule has 0 amide bonds. The highest BCUT2D eigenvalue weighted by molar-refractivity contribution is 5.80. The van der Waals surface area contributed by atoms with Gasteiger partial charge in [-0.3, -0.25) is 14.5 Å². The van der Waals surface area contributed by atoms with Gasteiger partial charge in [-0.1, -0.05) is 19.1 Å². The molecule has 0 fully saturated rings. The fraction of sp³-hybridized carbons (Fsp3) is 0.400. The van der Waals surface area contributed by atoms with E-state index in [2.05, 4.69) is 9.97 Å². The number of aromatic nitrogens is 2. The number of rotatable bonds is 6. The Bertz CT molecular complexity index is 709. The summed E-state index contributed by atoms with van der Waals surface area (Å²) in [6.45, 7) is 5.43. The molecule has 0 aliphatic rings. The van der Waals surface area contributed by atoms with Crippen LogP contribution in [0.2, 0.25) is 0 Å². The topological polar surface area (TPSA) is 86.3 Å². The third-order valence-corrected chi connectivity index (χ3v) is 3.45. The average molecular weight is 289 g/mol. The number of hydrogen-bond acceptors (Lipinski definition) is 4. The predicted molar refractivity (Wildman–Crippen MR) is 80.3 cm³/mol. The van der Waals surface area contributed by atoms with Crippen molar-refractivity contribution >= 4 is 16.9 Å². The molecule has 2 aromatic rings. The third kappa shape index (κ3) is 3.66. The molecule has 6 nitrogen and oxygen atoms in total. The van der Waals surface area contributed by atoms with Crippen LogP contribution < -0.4 is 5.56 Å². The maximum Gasteiger partial charge on any atom is 0.304 e. The molecule has 0 spiro atoms. The highest BCUT2D eigenvalue weighted by Crippen LogP contribution is 2.12. The van der Waals surface area contributed by atoms with Crippen molar-refractivity contribution in [1.29, 1.82) is 0 Å². The number of para-hydroxylation sites is 1. The van der Waals surface area contributed by atoms with Gasteiger partial charge in [-0.05, 0) is 25.1 Å². The fourth-order valence-electron chi connectivity index (χ4n) is 2.24. The van der Waals surface area contributed by atoms with Crippen LogP contribution in [0.3, 0.4) is 0 Å². The monoisotopic (exact) mass is 289 g/mol. The maximum absolute atomic E-state index is 12.1. The summed E-state index contributed by atoms with van der Waals surface area (Å²) in [7, 11) is 0. The number of hydrogen-bond donors (Lipinski definition) is 2. The summed E-state index contributed by atoms with van der Waals surface area (Å²) in [5.41, 5.74) is 1.49. The number of aryl methyl sites for hydroxylation is 1. The zero-order valence-electron chi connectivity index (χ0n) is 12.2. The second kappa shape index (κ2) is 6.49. The Kier molecular flexibility index (Phi) is 4.70. The SMILES string of the molecule is CCN(CCC(=O)O)Cc1nc2c(C)cccc2c(=O)[nH]1. The van der Waals surface area contributed by atoms with Crippen molar-refractivity contribution in [3.63, 3.8) is 0 Å². The molecule has 6 heteroatoms. The van der Waals surface area contributed by atoms with Gasteiger partial charge in [0.25, 0.3) is 5.56 Å². The molecule has 0 atom stereocenters. The molecule has 1 aromatic carbocycles. The van der Waals surface area contributed by atoms with Crippen molar-refractivity contribution in [2.75, 3.05) is 13.1 Å².